The molecular formula is C20H21ClN2O2. The SMILES string of the molecule is Clc1ccc2c(c1)[C@@H]1CC(c3ccco3)=NN1[C@H](C1CCCCC1)O2. The summed E-state index contributed by atoms with van der Waals surface area (Å²) in [5.74, 6) is 2.33. The highest BCUT2D eigenvalue weighted by molar-refractivity contribution is 6.30. The molecule has 3 heterocycles. The number of halogens is 1. The van der Waals surface area contributed by atoms with Crippen LogP contribution in [-0.4, -0.2) is 16.9 Å². The van der Waals surface area contributed by atoms with E-state index >= 15 is 0 Å². The van der Waals surface area contributed by atoms with Gasteiger partial charge in [-0.3, -0.25) is 0 Å². The first-order valence-corrected chi connectivity index (χ1v) is 9.53. The van der Waals surface area contributed by atoms with Gasteiger partial charge >= 0.3 is 0 Å². The maximum absolute atomic E-state index is 6.44. The Labute approximate surface area is 152 Å². The van der Waals surface area contributed by atoms with Crippen molar-refractivity contribution in [1.29, 1.82) is 0 Å². The van der Waals surface area contributed by atoms with Crippen LogP contribution in [0.4, 0.5) is 0 Å². The molecule has 5 heteroatoms. The monoisotopic (exact) mass is 356 g/mol. The molecule has 2 aromatic rings. The summed E-state index contributed by atoms with van der Waals surface area (Å²) in [6.45, 7) is 0. The predicted molar refractivity (Wildman–Crippen MR) is 96.9 cm³/mol. The predicted octanol–water partition coefficient (Wildman–Crippen LogP) is 5.38. The van der Waals surface area contributed by atoms with Gasteiger partial charge in [-0.1, -0.05) is 30.9 Å². The molecule has 1 aromatic heterocycles. The molecule has 0 N–H and O–H groups in total. The third-order valence-corrected chi connectivity index (χ3v) is 5.88. The summed E-state index contributed by atoms with van der Waals surface area (Å²) in [7, 11) is 0. The molecule has 2 atom stereocenters. The van der Waals surface area contributed by atoms with E-state index in [0.29, 0.717) is 5.92 Å². The van der Waals surface area contributed by atoms with Crippen molar-refractivity contribution in [1.82, 2.24) is 5.01 Å². The number of benzene rings is 1. The van der Waals surface area contributed by atoms with E-state index in [1.807, 2.05) is 30.3 Å². The van der Waals surface area contributed by atoms with Crippen LogP contribution in [-0.2, 0) is 0 Å². The Morgan fingerprint density at radius 3 is 2.80 bits per heavy atom. The number of ether oxygens (including phenoxy) is 1. The molecule has 5 rings (SSSR count). The molecule has 0 unspecified atom stereocenters. The Balaban J connectivity index is 1.55. The van der Waals surface area contributed by atoms with Crippen LogP contribution in [0.5, 0.6) is 5.75 Å². The first-order chi connectivity index (χ1) is 12.3. The van der Waals surface area contributed by atoms with Crippen molar-refractivity contribution < 1.29 is 9.15 Å². The van der Waals surface area contributed by atoms with Crippen LogP contribution in [0.1, 0.15) is 55.9 Å². The standard InChI is InChI=1S/C20H21ClN2O2/c21-14-8-9-18-15(11-14)17-12-16(19-7-4-10-24-19)22-23(17)20(25-18)13-5-2-1-3-6-13/h4,7-11,13,17,20H,1-3,5-6,12H2/t17-,20-/m0/s1. The van der Waals surface area contributed by atoms with Gasteiger partial charge in [-0.15, -0.1) is 0 Å². The van der Waals surface area contributed by atoms with Crippen molar-refractivity contribution in [3.05, 3.63) is 52.9 Å². The van der Waals surface area contributed by atoms with Crippen LogP contribution in [0.15, 0.2) is 46.1 Å². The van der Waals surface area contributed by atoms with Crippen LogP contribution in [0.3, 0.4) is 0 Å². The molecule has 1 aliphatic carbocycles. The summed E-state index contributed by atoms with van der Waals surface area (Å²) < 4.78 is 12.0. The van der Waals surface area contributed by atoms with Gasteiger partial charge in [0.05, 0.1) is 12.3 Å². The Bertz CT molecular complexity index is 796. The molecule has 3 aliphatic rings. The minimum atomic E-state index is 0.00596. The molecule has 25 heavy (non-hydrogen) atoms. The van der Waals surface area contributed by atoms with Gasteiger partial charge < -0.3 is 9.15 Å². The second-order valence-corrected chi connectivity index (χ2v) is 7.65. The van der Waals surface area contributed by atoms with Gasteiger partial charge in [0.15, 0.2) is 6.23 Å². The van der Waals surface area contributed by atoms with E-state index in [1.165, 1.54) is 32.1 Å². The minimum absolute atomic E-state index is 0.00596. The van der Waals surface area contributed by atoms with Gasteiger partial charge in [-0.25, -0.2) is 5.01 Å². The fourth-order valence-corrected chi connectivity index (χ4v) is 4.59. The van der Waals surface area contributed by atoms with E-state index < -0.39 is 0 Å². The van der Waals surface area contributed by atoms with Crippen LogP contribution in [0, 0.1) is 5.92 Å². The van der Waals surface area contributed by atoms with Gasteiger partial charge in [0.2, 0.25) is 0 Å². The second kappa shape index (κ2) is 6.10. The average molecular weight is 357 g/mol. The number of hydrazone groups is 1. The molecule has 0 spiro atoms. The Hall–Kier alpha value is -1.94. The van der Waals surface area contributed by atoms with Gasteiger partial charge in [0, 0.05) is 22.9 Å². The normalized spacial score (nSPS) is 26.0. The van der Waals surface area contributed by atoms with Crippen molar-refractivity contribution in [3.8, 4) is 5.75 Å². The molecule has 0 radical (unpaired) electrons. The topological polar surface area (TPSA) is 38.0 Å². The zero-order chi connectivity index (χ0) is 16.8. The summed E-state index contributed by atoms with van der Waals surface area (Å²) in [4.78, 5) is 0. The minimum Gasteiger partial charge on any atom is -0.468 e. The van der Waals surface area contributed by atoms with Crippen LogP contribution >= 0.6 is 11.6 Å². The highest BCUT2D eigenvalue weighted by Crippen LogP contribution is 2.47. The van der Waals surface area contributed by atoms with Gasteiger partial charge in [0.25, 0.3) is 0 Å². The van der Waals surface area contributed by atoms with E-state index in [1.54, 1.807) is 6.26 Å². The fourth-order valence-electron chi connectivity index (χ4n) is 4.41. The molecule has 4 nitrogen and oxygen atoms in total. The van der Waals surface area contributed by atoms with E-state index in [0.717, 1.165) is 34.2 Å². The van der Waals surface area contributed by atoms with Gasteiger partial charge in [-0.05, 0) is 43.2 Å². The lowest BCUT2D eigenvalue weighted by Crippen LogP contribution is -2.45. The van der Waals surface area contributed by atoms with E-state index in [-0.39, 0.29) is 12.3 Å². The molecule has 0 saturated heterocycles. The van der Waals surface area contributed by atoms with Crippen molar-refractivity contribution in [2.24, 2.45) is 11.0 Å². The Morgan fingerprint density at radius 2 is 2.00 bits per heavy atom. The molecular weight excluding hydrogens is 336 g/mol. The molecule has 0 amide bonds. The maximum atomic E-state index is 6.44. The van der Waals surface area contributed by atoms with Crippen LogP contribution < -0.4 is 4.74 Å². The molecule has 1 fully saturated rings. The van der Waals surface area contributed by atoms with Gasteiger partial charge in [-0.2, -0.15) is 5.10 Å². The van der Waals surface area contributed by atoms with Crippen molar-refractivity contribution in [3.63, 3.8) is 0 Å². The summed E-state index contributed by atoms with van der Waals surface area (Å²) in [6, 6.07) is 10.0. The first kappa shape index (κ1) is 15.3. The number of fused-ring (bicyclic) bond motifs is 3. The van der Waals surface area contributed by atoms with Crippen molar-refractivity contribution in [2.75, 3.05) is 0 Å². The summed E-state index contributed by atoms with van der Waals surface area (Å²) in [6.07, 6.45) is 8.86. The van der Waals surface area contributed by atoms with Crippen LogP contribution in [0.25, 0.3) is 0 Å². The highest BCUT2D eigenvalue weighted by Gasteiger charge is 2.44. The molecule has 0 bridgehead atoms. The zero-order valence-electron chi connectivity index (χ0n) is 14.0. The average Bonchev–Trinajstić information content (AvgIpc) is 3.31. The third kappa shape index (κ3) is 2.63. The summed E-state index contributed by atoms with van der Waals surface area (Å²) in [5.41, 5.74) is 2.12. The Kier molecular flexibility index (Phi) is 3.74. The van der Waals surface area contributed by atoms with E-state index in [2.05, 4.69) is 5.01 Å². The first-order valence-electron chi connectivity index (χ1n) is 9.15. The lowest BCUT2D eigenvalue weighted by atomic mass is 9.86. The van der Waals surface area contributed by atoms with E-state index in [9.17, 15) is 0 Å². The number of hydrogen-bond donors (Lipinski definition) is 0. The summed E-state index contributed by atoms with van der Waals surface area (Å²) in [5, 5.41) is 7.84. The third-order valence-electron chi connectivity index (χ3n) is 5.64. The highest BCUT2D eigenvalue weighted by atomic mass is 35.5. The van der Waals surface area contributed by atoms with E-state index in [4.69, 9.17) is 25.9 Å². The smallest absolute Gasteiger partial charge is 0.190 e. The number of hydrogen-bond acceptors (Lipinski definition) is 4. The molecule has 1 aromatic carbocycles. The quantitative estimate of drug-likeness (QED) is 0.724. The maximum Gasteiger partial charge on any atom is 0.190 e. The Morgan fingerprint density at radius 1 is 1.12 bits per heavy atom. The van der Waals surface area contributed by atoms with Gasteiger partial charge in [0.1, 0.15) is 17.2 Å². The lowest BCUT2D eigenvalue weighted by molar-refractivity contribution is -0.0643. The zero-order valence-corrected chi connectivity index (χ0v) is 14.8. The second-order valence-electron chi connectivity index (χ2n) is 7.21. The summed E-state index contributed by atoms with van der Waals surface area (Å²) >= 11 is 6.26. The number of nitrogens with zero attached hydrogens (tertiary/aromatic N) is 2. The fraction of sp³-hybridized carbons (Fsp3) is 0.450. The number of rotatable bonds is 2. The lowest BCUT2D eigenvalue weighted by Gasteiger charge is -2.42. The van der Waals surface area contributed by atoms with Crippen molar-refractivity contribution in [2.45, 2.75) is 50.8 Å². The van der Waals surface area contributed by atoms with Crippen molar-refractivity contribution >= 4 is 17.3 Å². The number of furan rings is 1. The largest absolute Gasteiger partial charge is 0.468 e. The van der Waals surface area contributed by atoms with Crippen LogP contribution in [0.2, 0.25) is 5.02 Å². The molecule has 1 saturated carbocycles. The molecule has 2 aliphatic heterocycles. The molecule has 130 valence electrons.